The molecule has 0 spiro atoms. The Morgan fingerprint density at radius 2 is 1.97 bits per heavy atom. The number of aromatic nitrogens is 3. The summed E-state index contributed by atoms with van der Waals surface area (Å²) in [5, 5.41) is 10.5. The summed E-state index contributed by atoms with van der Waals surface area (Å²) in [5.74, 6) is 0.866. The van der Waals surface area contributed by atoms with Crippen LogP contribution in [0.25, 0.3) is 11.0 Å². The third-order valence-electron chi connectivity index (χ3n) is 7.41. The quantitative estimate of drug-likeness (QED) is 0.274. The van der Waals surface area contributed by atoms with Crippen molar-refractivity contribution in [2.45, 2.75) is 44.6 Å². The van der Waals surface area contributed by atoms with Crippen molar-refractivity contribution in [1.29, 1.82) is 0 Å². The molecular weight excluding hydrogens is 539 g/mol. The second-order valence-electron chi connectivity index (χ2n) is 10.1. The summed E-state index contributed by atoms with van der Waals surface area (Å²) >= 11 is 12.2. The number of ether oxygens (including phenoxy) is 2. The lowest BCUT2D eigenvalue weighted by molar-refractivity contribution is -0.0591. The van der Waals surface area contributed by atoms with E-state index in [1.807, 2.05) is 12.1 Å². The number of imidazole rings is 1. The van der Waals surface area contributed by atoms with Gasteiger partial charge in [0.15, 0.2) is 0 Å². The van der Waals surface area contributed by atoms with Crippen LogP contribution in [0.4, 0.5) is 0 Å². The number of rotatable bonds is 9. The SMILES string of the molecule is O=C(O)c1ccc2nc(CN3CCC(c4cccc(COc5ccc(Cl)cc5Cl)n4)C3)n(C[C@@H]3CCO3)c2c1. The summed E-state index contributed by atoms with van der Waals surface area (Å²) < 4.78 is 13.7. The fourth-order valence-electron chi connectivity index (χ4n) is 5.23. The van der Waals surface area contributed by atoms with Gasteiger partial charge >= 0.3 is 5.97 Å². The van der Waals surface area contributed by atoms with Gasteiger partial charge in [0.05, 0.1) is 46.5 Å². The normalized spacial score (nSPS) is 19.3. The average molecular weight is 567 g/mol. The van der Waals surface area contributed by atoms with Crippen molar-refractivity contribution in [1.82, 2.24) is 19.4 Å². The third kappa shape index (κ3) is 5.75. The number of benzene rings is 2. The number of nitrogens with zero attached hydrogens (tertiary/aromatic N) is 4. The zero-order valence-electron chi connectivity index (χ0n) is 21.2. The standard InChI is InChI=1S/C29H28Cl2N4O4/c30-20-5-7-27(23(31)13-20)39-17-21-2-1-3-24(32-21)19-8-10-34(14-19)16-28-33-25-6-4-18(29(36)37)12-26(25)35(28)15-22-9-11-38-22/h1-7,12-13,19,22H,8-11,14-17H2,(H,36,37)/t19?,22-/m0/s1. The van der Waals surface area contributed by atoms with E-state index in [2.05, 4.69) is 15.5 Å². The first-order chi connectivity index (χ1) is 18.9. The van der Waals surface area contributed by atoms with Gasteiger partial charge in [0.2, 0.25) is 0 Å². The van der Waals surface area contributed by atoms with Gasteiger partial charge in [0, 0.05) is 29.8 Å². The minimum atomic E-state index is -0.940. The lowest BCUT2D eigenvalue weighted by atomic mass is 10.0. The van der Waals surface area contributed by atoms with Crippen LogP contribution in [-0.4, -0.2) is 56.3 Å². The number of fused-ring (bicyclic) bond motifs is 1. The van der Waals surface area contributed by atoms with E-state index < -0.39 is 5.97 Å². The van der Waals surface area contributed by atoms with Crippen molar-refractivity contribution in [3.05, 3.63) is 87.4 Å². The number of carboxylic acids is 1. The van der Waals surface area contributed by atoms with Crippen LogP contribution in [0.15, 0.2) is 54.6 Å². The van der Waals surface area contributed by atoms with Crippen molar-refractivity contribution in [3.8, 4) is 5.75 Å². The van der Waals surface area contributed by atoms with Crippen LogP contribution in [-0.2, 0) is 24.4 Å². The monoisotopic (exact) mass is 566 g/mol. The predicted molar refractivity (Wildman–Crippen MR) is 149 cm³/mol. The molecule has 6 rings (SSSR count). The lowest BCUT2D eigenvalue weighted by Crippen LogP contribution is -2.32. The summed E-state index contributed by atoms with van der Waals surface area (Å²) in [7, 11) is 0. The number of halogens is 2. The van der Waals surface area contributed by atoms with E-state index in [1.165, 1.54) is 0 Å². The molecule has 2 aliphatic rings. The largest absolute Gasteiger partial charge is 0.486 e. The molecule has 1 N–H and O–H groups in total. The highest BCUT2D eigenvalue weighted by atomic mass is 35.5. The molecule has 10 heteroatoms. The predicted octanol–water partition coefficient (Wildman–Crippen LogP) is 5.79. The molecule has 39 heavy (non-hydrogen) atoms. The maximum absolute atomic E-state index is 11.6. The molecule has 0 bridgehead atoms. The van der Waals surface area contributed by atoms with E-state index in [0.717, 1.165) is 60.8 Å². The first-order valence-electron chi connectivity index (χ1n) is 13.0. The van der Waals surface area contributed by atoms with Crippen LogP contribution in [0, 0.1) is 0 Å². The third-order valence-corrected chi connectivity index (χ3v) is 7.94. The minimum absolute atomic E-state index is 0.137. The molecule has 8 nitrogen and oxygen atoms in total. The Balaban J connectivity index is 1.15. The molecular formula is C29H28Cl2N4O4. The van der Waals surface area contributed by atoms with Crippen LogP contribution in [0.2, 0.25) is 10.0 Å². The van der Waals surface area contributed by atoms with Crippen molar-refractivity contribution in [3.63, 3.8) is 0 Å². The topological polar surface area (TPSA) is 89.7 Å². The number of hydrogen-bond acceptors (Lipinski definition) is 6. The molecule has 2 aliphatic heterocycles. The van der Waals surface area contributed by atoms with Gasteiger partial charge < -0.3 is 19.1 Å². The fraction of sp³-hybridized carbons (Fsp3) is 0.345. The van der Waals surface area contributed by atoms with E-state index in [-0.39, 0.29) is 11.7 Å². The number of aromatic carboxylic acids is 1. The molecule has 2 aromatic heterocycles. The van der Waals surface area contributed by atoms with E-state index in [4.69, 9.17) is 42.6 Å². The summed E-state index contributed by atoms with van der Waals surface area (Å²) in [6.45, 7) is 4.23. The van der Waals surface area contributed by atoms with Gasteiger partial charge in [-0.2, -0.15) is 0 Å². The molecule has 0 radical (unpaired) electrons. The number of carboxylic acid groups (broad SMARTS) is 1. The highest BCUT2D eigenvalue weighted by Gasteiger charge is 2.28. The van der Waals surface area contributed by atoms with E-state index in [0.29, 0.717) is 41.4 Å². The van der Waals surface area contributed by atoms with Crippen molar-refractivity contribution in [2.24, 2.45) is 0 Å². The van der Waals surface area contributed by atoms with Crippen LogP contribution in [0.1, 0.15) is 46.3 Å². The highest BCUT2D eigenvalue weighted by molar-refractivity contribution is 6.35. The minimum Gasteiger partial charge on any atom is -0.486 e. The van der Waals surface area contributed by atoms with E-state index in [9.17, 15) is 9.90 Å². The summed E-state index contributed by atoms with van der Waals surface area (Å²) in [6.07, 6.45) is 2.13. The Morgan fingerprint density at radius 3 is 2.74 bits per heavy atom. The maximum Gasteiger partial charge on any atom is 0.335 e. The van der Waals surface area contributed by atoms with Crippen molar-refractivity contribution < 1.29 is 19.4 Å². The molecule has 2 atom stereocenters. The van der Waals surface area contributed by atoms with Crippen molar-refractivity contribution >= 4 is 40.2 Å². The smallest absolute Gasteiger partial charge is 0.335 e. The lowest BCUT2D eigenvalue weighted by Gasteiger charge is -2.28. The number of hydrogen-bond donors (Lipinski definition) is 1. The number of carbonyl (C=O) groups is 1. The zero-order valence-corrected chi connectivity index (χ0v) is 22.7. The Morgan fingerprint density at radius 1 is 1.10 bits per heavy atom. The molecule has 202 valence electrons. The fourth-order valence-corrected chi connectivity index (χ4v) is 5.69. The van der Waals surface area contributed by atoms with E-state index >= 15 is 0 Å². The Labute approximate surface area is 236 Å². The maximum atomic E-state index is 11.6. The van der Waals surface area contributed by atoms with Crippen LogP contribution < -0.4 is 4.74 Å². The van der Waals surface area contributed by atoms with Gasteiger partial charge in [0.1, 0.15) is 18.2 Å². The zero-order chi connectivity index (χ0) is 26.9. The van der Waals surface area contributed by atoms with Gasteiger partial charge in [-0.05, 0) is 67.9 Å². The van der Waals surface area contributed by atoms with Crippen LogP contribution in [0.5, 0.6) is 5.75 Å². The molecule has 4 heterocycles. The highest BCUT2D eigenvalue weighted by Crippen LogP contribution is 2.30. The molecule has 2 saturated heterocycles. The summed E-state index contributed by atoms with van der Waals surface area (Å²) in [5.41, 5.74) is 3.79. The molecule has 0 saturated carbocycles. The Bertz CT molecular complexity index is 1520. The molecule has 0 amide bonds. The first-order valence-corrected chi connectivity index (χ1v) is 13.8. The second-order valence-corrected chi connectivity index (χ2v) is 10.9. The average Bonchev–Trinajstić information content (AvgIpc) is 3.50. The van der Waals surface area contributed by atoms with Gasteiger partial charge in [0.25, 0.3) is 0 Å². The Hall–Kier alpha value is -3.17. The van der Waals surface area contributed by atoms with Gasteiger partial charge in [-0.1, -0.05) is 29.3 Å². The van der Waals surface area contributed by atoms with Crippen LogP contribution >= 0.6 is 23.2 Å². The molecule has 2 fully saturated rings. The number of pyridine rings is 1. The van der Waals surface area contributed by atoms with Crippen molar-refractivity contribution in [2.75, 3.05) is 19.7 Å². The van der Waals surface area contributed by atoms with Gasteiger partial charge in [-0.25, -0.2) is 9.78 Å². The van der Waals surface area contributed by atoms with Gasteiger partial charge in [-0.15, -0.1) is 0 Å². The first kappa shape index (κ1) is 26.1. The summed E-state index contributed by atoms with van der Waals surface area (Å²) in [4.78, 5) is 23.7. The Kier molecular flexibility index (Phi) is 7.44. The van der Waals surface area contributed by atoms with Gasteiger partial charge in [-0.3, -0.25) is 9.88 Å². The molecule has 1 unspecified atom stereocenters. The van der Waals surface area contributed by atoms with Crippen LogP contribution in [0.3, 0.4) is 0 Å². The molecule has 4 aromatic rings. The molecule has 0 aliphatic carbocycles. The molecule has 2 aromatic carbocycles. The summed E-state index contributed by atoms with van der Waals surface area (Å²) in [6, 6.07) is 16.3. The number of likely N-dealkylation sites (tertiary alicyclic amines) is 1. The van der Waals surface area contributed by atoms with E-state index in [1.54, 1.807) is 36.4 Å². The second kappa shape index (κ2) is 11.1.